The molecule has 7 aromatic rings. The summed E-state index contributed by atoms with van der Waals surface area (Å²) in [5.74, 6) is -3.58. The van der Waals surface area contributed by atoms with Crippen LogP contribution in [0.2, 0.25) is 0 Å². The van der Waals surface area contributed by atoms with Gasteiger partial charge in [-0.15, -0.1) is 0 Å². The summed E-state index contributed by atoms with van der Waals surface area (Å²) in [5.41, 5.74) is 7.94. The van der Waals surface area contributed by atoms with Gasteiger partial charge in [0.1, 0.15) is 79.7 Å². The molecule has 3 amide bonds. The van der Waals surface area contributed by atoms with Crippen molar-refractivity contribution in [2.45, 2.75) is 144 Å². The van der Waals surface area contributed by atoms with Crippen molar-refractivity contribution in [3.63, 3.8) is 0 Å². The summed E-state index contributed by atoms with van der Waals surface area (Å²) in [7, 11) is 0. The molecule has 22 heteroatoms. The molecule has 0 aromatic heterocycles. The number of amides is 3. The Balaban J connectivity index is 0.918. The lowest BCUT2D eigenvalue weighted by molar-refractivity contribution is -0.362. The highest BCUT2D eigenvalue weighted by molar-refractivity contribution is 5.87. The molecule has 95 heavy (non-hydrogen) atoms. The SMILES string of the molecule is CC(=O)N[C@@H]1[C@@H](O[C@@H]2O[C@H](COCc3ccccc3)[C@H](O)[C@H](O)[C@H]2O)[C@H](O[C@@H]2OC[C@@H](OCc3ccccc3)[C@@H](OCc3ccccc3)[C@@H]2OCc2ccccc2)[C@@H](COCc2ccccc2)O[C@H]1NC(=O)C[C@H](NC(=O)OCC1c2ccccc2-c2ccccc21)C(=O)O. The van der Waals surface area contributed by atoms with Gasteiger partial charge in [0.25, 0.3) is 0 Å². The maximum absolute atomic E-state index is 14.6. The average Bonchev–Trinajstić information content (AvgIpc) is 1.77. The lowest BCUT2D eigenvalue weighted by atomic mass is 9.93. The normalized spacial score (nSPS) is 25.9. The van der Waals surface area contributed by atoms with Gasteiger partial charge in [-0.05, 0) is 50.1 Å². The summed E-state index contributed by atoms with van der Waals surface area (Å²) in [6.45, 7) is 0.773. The van der Waals surface area contributed by atoms with E-state index in [-0.39, 0.29) is 65.4 Å². The molecule has 3 heterocycles. The molecule has 4 aliphatic rings. The van der Waals surface area contributed by atoms with Gasteiger partial charge in [-0.3, -0.25) is 9.59 Å². The number of carboxylic acids is 1. The lowest BCUT2D eigenvalue weighted by Crippen LogP contribution is -2.72. The fraction of sp³-hybridized carbons (Fsp3) is 0.370. The number of carboxylic acid groups (broad SMARTS) is 1. The maximum Gasteiger partial charge on any atom is 0.407 e. The van der Waals surface area contributed by atoms with Gasteiger partial charge in [0.15, 0.2) is 18.8 Å². The van der Waals surface area contributed by atoms with Gasteiger partial charge < -0.3 is 88.5 Å². The highest BCUT2D eigenvalue weighted by atomic mass is 16.8. The van der Waals surface area contributed by atoms with Gasteiger partial charge in [0.05, 0.1) is 59.3 Å². The van der Waals surface area contributed by atoms with E-state index in [2.05, 4.69) is 16.0 Å². The van der Waals surface area contributed by atoms with Crippen LogP contribution in [0.1, 0.15) is 58.2 Å². The zero-order chi connectivity index (χ0) is 66.0. The molecule has 500 valence electrons. The predicted molar refractivity (Wildman–Crippen MR) is 342 cm³/mol. The van der Waals surface area contributed by atoms with E-state index in [1.807, 2.05) is 200 Å². The number of carbonyl (C=O) groups is 4. The van der Waals surface area contributed by atoms with E-state index in [1.165, 1.54) is 6.92 Å². The van der Waals surface area contributed by atoms with Gasteiger partial charge in [0, 0.05) is 12.8 Å². The topological polar surface area (TPSA) is 287 Å². The minimum Gasteiger partial charge on any atom is -0.480 e. The van der Waals surface area contributed by atoms with Crippen molar-refractivity contribution in [3.05, 3.63) is 239 Å². The summed E-state index contributed by atoms with van der Waals surface area (Å²) in [5, 5.41) is 53.4. The van der Waals surface area contributed by atoms with Crippen LogP contribution >= 0.6 is 0 Å². The molecule has 3 aliphatic heterocycles. The van der Waals surface area contributed by atoms with Gasteiger partial charge in [-0.2, -0.15) is 0 Å². The minimum atomic E-state index is -1.97. The van der Waals surface area contributed by atoms with E-state index >= 15 is 0 Å². The van der Waals surface area contributed by atoms with E-state index < -0.39 is 122 Å². The molecular formula is C73H79N3O19. The van der Waals surface area contributed by atoms with Crippen LogP contribution in [0.25, 0.3) is 11.1 Å². The van der Waals surface area contributed by atoms with E-state index in [0.717, 1.165) is 50.1 Å². The monoisotopic (exact) mass is 1300 g/mol. The number of carbonyl (C=O) groups excluding carboxylic acids is 3. The number of benzene rings is 7. The van der Waals surface area contributed by atoms with Crippen LogP contribution in [0.15, 0.2) is 200 Å². The van der Waals surface area contributed by atoms with Crippen LogP contribution in [0.4, 0.5) is 4.79 Å². The zero-order valence-corrected chi connectivity index (χ0v) is 52.3. The van der Waals surface area contributed by atoms with Gasteiger partial charge in [-0.1, -0.05) is 200 Å². The third-order valence-electron chi connectivity index (χ3n) is 17.0. The maximum atomic E-state index is 14.6. The van der Waals surface area contributed by atoms with Crippen LogP contribution in [-0.4, -0.2) is 163 Å². The Kier molecular flexibility index (Phi) is 23.9. The number of aliphatic hydroxyl groups is 3. The minimum absolute atomic E-state index is 0.0300. The van der Waals surface area contributed by atoms with E-state index in [0.29, 0.717) is 0 Å². The third-order valence-corrected chi connectivity index (χ3v) is 17.0. The first-order chi connectivity index (χ1) is 46.3. The van der Waals surface area contributed by atoms with Crippen molar-refractivity contribution < 1.29 is 91.7 Å². The van der Waals surface area contributed by atoms with Crippen LogP contribution in [-0.2, 0) is 99.5 Å². The lowest BCUT2D eigenvalue weighted by Gasteiger charge is -2.51. The predicted octanol–water partition coefficient (Wildman–Crippen LogP) is 6.84. The number of nitrogens with one attached hydrogen (secondary N) is 3. The molecule has 0 spiro atoms. The number of rotatable bonds is 29. The summed E-state index contributed by atoms with van der Waals surface area (Å²) in [4.78, 5) is 54.9. The van der Waals surface area contributed by atoms with Gasteiger partial charge in [-0.25, -0.2) is 9.59 Å². The molecule has 0 saturated carbocycles. The molecule has 22 nitrogen and oxygen atoms in total. The van der Waals surface area contributed by atoms with Crippen LogP contribution in [0.3, 0.4) is 0 Å². The molecular weight excluding hydrogens is 1220 g/mol. The highest BCUT2D eigenvalue weighted by Gasteiger charge is 2.55. The Morgan fingerprint density at radius 1 is 0.495 bits per heavy atom. The highest BCUT2D eigenvalue weighted by Crippen LogP contribution is 2.45. The fourth-order valence-electron chi connectivity index (χ4n) is 12.2. The Bertz CT molecular complexity index is 3520. The summed E-state index contributed by atoms with van der Waals surface area (Å²) in [6.07, 6.45) is -21.0. The van der Waals surface area contributed by atoms with Crippen molar-refractivity contribution in [2.24, 2.45) is 0 Å². The molecule has 0 unspecified atom stereocenters. The van der Waals surface area contributed by atoms with Crippen molar-refractivity contribution in [1.29, 1.82) is 0 Å². The zero-order valence-electron chi connectivity index (χ0n) is 52.3. The first-order valence-corrected chi connectivity index (χ1v) is 31.7. The summed E-state index contributed by atoms with van der Waals surface area (Å²) in [6, 6.07) is 59.0. The van der Waals surface area contributed by atoms with Crippen molar-refractivity contribution in [1.82, 2.24) is 16.0 Å². The Morgan fingerprint density at radius 3 is 1.49 bits per heavy atom. The second-order valence-corrected chi connectivity index (χ2v) is 23.7. The molecule has 11 rings (SSSR count). The third kappa shape index (κ3) is 18.0. The fourth-order valence-corrected chi connectivity index (χ4v) is 12.2. The first kappa shape index (κ1) is 68.1. The first-order valence-electron chi connectivity index (χ1n) is 31.7. The Hall–Kier alpha value is -8.30. The van der Waals surface area contributed by atoms with Crippen LogP contribution < -0.4 is 16.0 Å². The Labute approximate surface area is 550 Å². The summed E-state index contributed by atoms with van der Waals surface area (Å²) >= 11 is 0. The molecule has 0 radical (unpaired) electrons. The van der Waals surface area contributed by atoms with Gasteiger partial charge in [0.2, 0.25) is 11.8 Å². The number of aliphatic hydroxyl groups excluding tert-OH is 3. The largest absolute Gasteiger partial charge is 0.480 e. The number of fused-ring (bicyclic) bond motifs is 3. The van der Waals surface area contributed by atoms with Crippen molar-refractivity contribution in [3.8, 4) is 11.1 Å². The molecule has 3 saturated heterocycles. The molecule has 0 bridgehead atoms. The molecule has 3 fully saturated rings. The number of ether oxygens (including phenoxy) is 11. The quantitative estimate of drug-likeness (QED) is 0.0253. The molecule has 7 N–H and O–H groups in total. The molecule has 15 atom stereocenters. The van der Waals surface area contributed by atoms with E-state index in [4.69, 9.17) is 52.1 Å². The van der Waals surface area contributed by atoms with E-state index in [1.54, 1.807) is 0 Å². The van der Waals surface area contributed by atoms with Crippen molar-refractivity contribution in [2.75, 3.05) is 26.4 Å². The molecule has 7 aromatic carbocycles. The van der Waals surface area contributed by atoms with Gasteiger partial charge >= 0.3 is 12.1 Å². The summed E-state index contributed by atoms with van der Waals surface area (Å²) < 4.78 is 72.5. The standard InChI is InChI=1S/C73H79N3O19/c1-45(77)74-61-67(95-71-64(81)63(80)62(79)57(93-71)42-85-36-46-21-7-2-8-22-46)66(94-72-68(89-40-50-29-15-6-16-30-50)65(88-39-49-27-13-5-14-28-49)58(44-90-72)87-38-48-25-11-4-12-26-48)59(43-86-37-47-23-9-3-10-24-47)92-69(61)76-60(78)35-56(70(82)83)75-73(84)91-41-55-53-33-19-17-31-51(53)52-32-18-20-34-54(52)55/h2-34,55-59,61-69,71-72,79-81H,35-44H2,1H3,(H,74,77)(H,75,84)(H,76,78)(H,82,83)/t56-,57+,58+,59+,61+,62-,63-,64+,65+,66+,67+,68-,69+,71-,72-/m0/s1. The number of hydrogen-bond acceptors (Lipinski definition) is 18. The van der Waals surface area contributed by atoms with Crippen molar-refractivity contribution >= 4 is 23.9 Å². The van der Waals surface area contributed by atoms with Crippen LogP contribution in [0.5, 0.6) is 0 Å². The molecule has 1 aliphatic carbocycles. The second kappa shape index (κ2) is 33.4. The smallest absolute Gasteiger partial charge is 0.407 e. The number of aliphatic carboxylic acids is 1. The number of alkyl carbamates (subject to hydrolysis) is 1. The number of hydrogen-bond donors (Lipinski definition) is 7. The van der Waals surface area contributed by atoms with E-state index in [9.17, 15) is 39.6 Å². The Morgan fingerprint density at radius 2 is 0.968 bits per heavy atom. The average molecular weight is 1300 g/mol. The second-order valence-electron chi connectivity index (χ2n) is 23.7. The van der Waals surface area contributed by atoms with Crippen LogP contribution in [0, 0.1) is 0 Å².